The van der Waals surface area contributed by atoms with Gasteiger partial charge in [-0.05, 0) is 40.5 Å². The zero-order valence-corrected chi connectivity index (χ0v) is 21.1. The highest BCUT2D eigenvalue weighted by molar-refractivity contribution is 9.10. The van der Waals surface area contributed by atoms with Crippen molar-refractivity contribution in [2.75, 3.05) is 0 Å². The van der Waals surface area contributed by atoms with Gasteiger partial charge in [0.25, 0.3) is 5.97 Å². The number of carboxylic acids is 1. The number of hydrogen-bond acceptors (Lipinski definition) is 5. The second kappa shape index (κ2) is 10.6. The molecule has 0 aliphatic heterocycles. The average Bonchev–Trinajstić information content (AvgIpc) is 2.90. The molecule has 0 saturated heterocycles. The maximum atomic E-state index is 11.9. The number of carbonyl (C=O) groups is 5. The van der Waals surface area contributed by atoms with Crippen molar-refractivity contribution in [2.45, 2.75) is 6.92 Å². The summed E-state index contributed by atoms with van der Waals surface area (Å²) >= 11 is 3.38. The molecule has 0 bridgehead atoms. The Balaban J connectivity index is 0.000000152. The molecule has 4 aromatic rings. The van der Waals surface area contributed by atoms with Gasteiger partial charge in [0.2, 0.25) is 23.1 Å². The average molecular weight is 555 g/mol. The van der Waals surface area contributed by atoms with E-state index in [9.17, 15) is 19.2 Å². The van der Waals surface area contributed by atoms with Crippen LogP contribution >= 0.6 is 15.9 Å². The van der Waals surface area contributed by atoms with Gasteiger partial charge < -0.3 is 5.11 Å². The van der Waals surface area contributed by atoms with Crippen LogP contribution in [-0.2, 0) is 4.79 Å². The maximum absolute atomic E-state index is 11.9. The van der Waals surface area contributed by atoms with Gasteiger partial charge in [0.05, 0.1) is 0 Å². The van der Waals surface area contributed by atoms with E-state index in [-0.39, 0.29) is 0 Å². The molecule has 7 heteroatoms. The Labute approximate surface area is 220 Å². The van der Waals surface area contributed by atoms with Crippen molar-refractivity contribution in [2.24, 2.45) is 0 Å². The van der Waals surface area contributed by atoms with Crippen LogP contribution in [0, 0.1) is 0 Å². The van der Waals surface area contributed by atoms with Crippen molar-refractivity contribution < 1.29 is 29.1 Å². The van der Waals surface area contributed by atoms with Crippen LogP contribution in [0.5, 0.6) is 0 Å². The fraction of sp³-hybridized carbons (Fsp3) is 0.0333. The molecule has 0 atom stereocenters. The van der Waals surface area contributed by atoms with Crippen LogP contribution in [0.15, 0.2) is 95.5 Å². The van der Waals surface area contributed by atoms with Crippen molar-refractivity contribution in [3.8, 4) is 22.3 Å². The number of halogens is 1. The van der Waals surface area contributed by atoms with E-state index >= 15 is 0 Å². The summed E-state index contributed by atoms with van der Waals surface area (Å²) in [6, 6.07) is 27.0. The summed E-state index contributed by atoms with van der Waals surface area (Å²) < 4.78 is 0.896. The third-order valence-electron chi connectivity index (χ3n) is 5.73. The van der Waals surface area contributed by atoms with Gasteiger partial charge in [-0.3, -0.25) is 24.0 Å². The van der Waals surface area contributed by atoms with Gasteiger partial charge in [-0.2, -0.15) is 0 Å². The summed E-state index contributed by atoms with van der Waals surface area (Å²) in [6.07, 6.45) is 0. The number of hydrogen-bond donors (Lipinski definition) is 1. The Bertz CT molecular complexity index is 1540. The van der Waals surface area contributed by atoms with E-state index < -0.39 is 29.1 Å². The fourth-order valence-corrected chi connectivity index (χ4v) is 4.54. The SMILES string of the molecule is CC(=O)O.O=C1C(=O)c2ccc(Br)cc2-c2ccccc21.O=C1C(=O)c2ccccc2-c2ccccc21. The lowest BCUT2D eigenvalue weighted by molar-refractivity contribution is -0.134. The van der Waals surface area contributed by atoms with Gasteiger partial charge in [0.15, 0.2) is 0 Å². The van der Waals surface area contributed by atoms with E-state index in [1.807, 2.05) is 42.5 Å². The number of rotatable bonds is 0. The zero-order valence-electron chi connectivity index (χ0n) is 19.5. The fourth-order valence-electron chi connectivity index (χ4n) is 4.17. The van der Waals surface area contributed by atoms with E-state index in [4.69, 9.17) is 9.90 Å². The number of aliphatic carboxylic acids is 1. The number of benzene rings is 4. The van der Waals surface area contributed by atoms with Crippen molar-refractivity contribution in [3.63, 3.8) is 0 Å². The zero-order chi connectivity index (χ0) is 26.7. The molecule has 6 rings (SSSR count). The molecule has 0 saturated carbocycles. The third-order valence-corrected chi connectivity index (χ3v) is 6.23. The molecule has 0 aromatic heterocycles. The van der Waals surface area contributed by atoms with Crippen LogP contribution in [0.1, 0.15) is 48.4 Å². The largest absolute Gasteiger partial charge is 0.481 e. The molecule has 4 aromatic carbocycles. The lowest BCUT2D eigenvalue weighted by Crippen LogP contribution is -2.20. The van der Waals surface area contributed by atoms with Gasteiger partial charge in [-0.1, -0.05) is 88.7 Å². The Morgan fingerprint density at radius 1 is 0.514 bits per heavy atom. The number of carboxylic acid groups (broad SMARTS) is 1. The van der Waals surface area contributed by atoms with Gasteiger partial charge in [-0.25, -0.2) is 0 Å². The first-order valence-electron chi connectivity index (χ1n) is 11.2. The first-order valence-corrected chi connectivity index (χ1v) is 11.9. The summed E-state index contributed by atoms with van der Waals surface area (Å²) in [5, 5.41) is 7.42. The summed E-state index contributed by atoms with van der Waals surface area (Å²) in [7, 11) is 0. The van der Waals surface area contributed by atoms with Crippen LogP contribution in [-0.4, -0.2) is 34.2 Å². The van der Waals surface area contributed by atoms with Crippen LogP contribution in [0.3, 0.4) is 0 Å². The number of carbonyl (C=O) groups excluding carboxylic acids is 4. The molecular weight excluding hydrogens is 536 g/mol. The normalized spacial score (nSPS) is 12.5. The minimum Gasteiger partial charge on any atom is -0.481 e. The van der Waals surface area contributed by atoms with Crippen LogP contribution in [0.2, 0.25) is 0 Å². The Morgan fingerprint density at radius 2 is 0.784 bits per heavy atom. The molecule has 0 heterocycles. The minimum absolute atomic E-state index is 0.408. The molecule has 0 radical (unpaired) electrons. The van der Waals surface area contributed by atoms with Gasteiger partial charge in [-0.15, -0.1) is 0 Å². The predicted octanol–water partition coefficient (Wildman–Crippen LogP) is 6.32. The lowest BCUT2D eigenvalue weighted by atomic mass is 9.84. The number of ketones is 4. The summed E-state index contributed by atoms with van der Waals surface area (Å²) in [4.78, 5) is 56.5. The monoisotopic (exact) mass is 554 g/mol. The van der Waals surface area contributed by atoms with E-state index in [1.165, 1.54) is 0 Å². The lowest BCUT2D eigenvalue weighted by Gasteiger charge is -2.17. The van der Waals surface area contributed by atoms with Crippen LogP contribution < -0.4 is 0 Å². The maximum Gasteiger partial charge on any atom is 0.300 e. The Morgan fingerprint density at radius 3 is 1.14 bits per heavy atom. The highest BCUT2D eigenvalue weighted by atomic mass is 79.9. The van der Waals surface area contributed by atoms with Gasteiger partial charge in [0.1, 0.15) is 0 Å². The molecule has 182 valence electrons. The van der Waals surface area contributed by atoms with E-state index in [0.29, 0.717) is 22.3 Å². The summed E-state index contributed by atoms with van der Waals surface area (Å²) in [6.45, 7) is 1.08. The number of fused-ring (bicyclic) bond motifs is 6. The third kappa shape index (κ3) is 5.08. The van der Waals surface area contributed by atoms with Crippen molar-refractivity contribution in [3.05, 3.63) is 118 Å². The molecule has 1 N–H and O–H groups in total. The Hall–Kier alpha value is -4.49. The highest BCUT2D eigenvalue weighted by Gasteiger charge is 2.30. The second-order valence-corrected chi connectivity index (χ2v) is 9.08. The molecular formula is C30H19BrO6. The van der Waals surface area contributed by atoms with Gasteiger partial charge in [0, 0.05) is 33.7 Å². The Kier molecular flexibility index (Phi) is 7.36. The predicted molar refractivity (Wildman–Crippen MR) is 142 cm³/mol. The van der Waals surface area contributed by atoms with Crippen LogP contribution in [0.25, 0.3) is 22.3 Å². The molecule has 6 nitrogen and oxygen atoms in total. The molecule has 0 spiro atoms. The van der Waals surface area contributed by atoms with Gasteiger partial charge >= 0.3 is 0 Å². The van der Waals surface area contributed by atoms with E-state index in [2.05, 4.69) is 15.9 Å². The molecule has 0 fully saturated rings. The number of Topliss-reactive ketones (excluding diaryl/α,β-unsaturated/α-hetero) is 4. The smallest absolute Gasteiger partial charge is 0.300 e. The summed E-state index contributed by atoms with van der Waals surface area (Å²) in [5.41, 5.74) is 5.33. The topological polar surface area (TPSA) is 106 Å². The summed E-state index contributed by atoms with van der Waals surface area (Å²) in [5.74, 6) is -2.50. The van der Waals surface area contributed by atoms with Crippen molar-refractivity contribution in [1.82, 2.24) is 0 Å². The standard InChI is InChI=1S/C14H7BrO2.C14H8O2.C2H4O2/c15-8-5-6-11-12(7-8)9-3-1-2-4-10(9)13(16)14(11)17;15-13-11-7-3-1-5-9(11)10-6-2-4-8-12(10)14(13)16;1-2(3)4/h1-7H;1-8H;1H3,(H,3,4). The molecule has 2 aliphatic carbocycles. The molecule has 2 aliphatic rings. The first-order chi connectivity index (χ1) is 17.7. The second-order valence-electron chi connectivity index (χ2n) is 8.16. The van der Waals surface area contributed by atoms with Crippen molar-refractivity contribution in [1.29, 1.82) is 0 Å². The molecule has 0 unspecified atom stereocenters. The highest BCUT2D eigenvalue weighted by Crippen LogP contribution is 2.35. The van der Waals surface area contributed by atoms with E-state index in [1.54, 1.807) is 48.5 Å². The minimum atomic E-state index is -0.833. The van der Waals surface area contributed by atoms with Crippen LogP contribution in [0.4, 0.5) is 0 Å². The molecule has 37 heavy (non-hydrogen) atoms. The van der Waals surface area contributed by atoms with Crippen molar-refractivity contribution >= 4 is 45.0 Å². The molecule has 0 amide bonds. The quantitative estimate of drug-likeness (QED) is 0.255. The van der Waals surface area contributed by atoms with E-state index in [0.717, 1.165) is 33.7 Å². The first kappa shape index (κ1) is 25.6.